The second kappa shape index (κ2) is 8.70. The molecule has 0 bridgehead atoms. The van der Waals surface area contributed by atoms with E-state index in [1.165, 1.54) is 12.5 Å². The van der Waals surface area contributed by atoms with Gasteiger partial charge in [0, 0.05) is 6.04 Å². The van der Waals surface area contributed by atoms with Gasteiger partial charge in [0.15, 0.2) is 0 Å². The average Bonchev–Trinajstić information content (AvgIpc) is 2.37. The monoisotopic (exact) mass is 329 g/mol. The molecule has 1 aromatic carbocycles. The van der Waals surface area contributed by atoms with Crippen LogP contribution < -0.4 is 5.32 Å². The Balaban J connectivity index is 2.66. The number of halogens is 2. The van der Waals surface area contributed by atoms with Crippen molar-refractivity contribution in [1.82, 2.24) is 5.32 Å². The Bertz CT molecular complexity index is 379. The molecule has 1 nitrogen and oxygen atoms in total. The summed E-state index contributed by atoms with van der Waals surface area (Å²) >= 11 is 3.35. The Morgan fingerprint density at radius 2 is 2.00 bits per heavy atom. The molecule has 0 aromatic heterocycles. The van der Waals surface area contributed by atoms with Crippen molar-refractivity contribution in [2.24, 2.45) is 5.92 Å². The summed E-state index contributed by atoms with van der Waals surface area (Å²) in [7, 11) is 0. The molecule has 19 heavy (non-hydrogen) atoms. The first-order chi connectivity index (χ1) is 9.04. The van der Waals surface area contributed by atoms with Gasteiger partial charge in [-0.3, -0.25) is 0 Å². The lowest BCUT2D eigenvalue weighted by atomic mass is 9.97. The third-order valence-electron chi connectivity index (χ3n) is 3.27. The van der Waals surface area contributed by atoms with Gasteiger partial charge in [-0.15, -0.1) is 0 Å². The number of benzene rings is 1. The van der Waals surface area contributed by atoms with Crippen molar-refractivity contribution in [3.8, 4) is 0 Å². The molecule has 0 heterocycles. The molecule has 0 spiro atoms. The van der Waals surface area contributed by atoms with Crippen LogP contribution in [0.15, 0.2) is 22.7 Å². The number of nitrogens with one attached hydrogen (secondary N) is 1. The second-order valence-electron chi connectivity index (χ2n) is 5.54. The first-order valence-corrected chi connectivity index (χ1v) is 8.00. The van der Waals surface area contributed by atoms with E-state index in [2.05, 4.69) is 42.0 Å². The molecule has 3 heteroatoms. The zero-order valence-electron chi connectivity index (χ0n) is 12.2. The molecule has 0 fully saturated rings. The highest BCUT2D eigenvalue weighted by atomic mass is 79.9. The SMILES string of the molecule is CCCNC(CCC(C)C)Cc1cccc(F)c1Br. The van der Waals surface area contributed by atoms with Crippen LogP contribution in [0.2, 0.25) is 0 Å². The highest BCUT2D eigenvalue weighted by Gasteiger charge is 2.13. The van der Waals surface area contributed by atoms with E-state index >= 15 is 0 Å². The third kappa shape index (κ3) is 6.05. The predicted molar refractivity (Wildman–Crippen MR) is 84.0 cm³/mol. The molecule has 0 aliphatic heterocycles. The molecule has 0 aliphatic rings. The maximum absolute atomic E-state index is 13.5. The average molecular weight is 330 g/mol. The first-order valence-electron chi connectivity index (χ1n) is 7.20. The molecule has 108 valence electrons. The molecule has 1 atom stereocenters. The van der Waals surface area contributed by atoms with Gasteiger partial charge in [0.25, 0.3) is 0 Å². The van der Waals surface area contributed by atoms with Gasteiger partial charge in [0.05, 0.1) is 4.47 Å². The minimum Gasteiger partial charge on any atom is -0.314 e. The Kier molecular flexibility index (Phi) is 7.62. The molecule has 1 N–H and O–H groups in total. The number of hydrogen-bond donors (Lipinski definition) is 1. The van der Waals surface area contributed by atoms with Crippen molar-refractivity contribution in [1.29, 1.82) is 0 Å². The van der Waals surface area contributed by atoms with Crippen LogP contribution in [0.1, 0.15) is 45.6 Å². The van der Waals surface area contributed by atoms with Gasteiger partial charge >= 0.3 is 0 Å². The smallest absolute Gasteiger partial charge is 0.137 e. The van der Waals surface area contributed by atoms with Crippen LogP contribution in [0.5, 0.6) is 0 Å². The highest BCUT2D eigenvalue weighted by molar-refractivity contribution is 9.10. The Hall–Kier alpha value is -0.410. The van der Waals surface area contributed by atoms with Crippen LogP contribution in [0.3, 0.4) is 0 Å². The van der Waals surface area contributed by atoms with E-state index < -0.39 is 0 Å². The zero-order valence-corrected chi connectivity index (χ0v) is 13.8. The van der Waals surface area contributed by atoms with Crippen LogP contribution >= 0.6 is 15.9 Å². The summed E-state index contributed by atoms with van der Waals surface area (Å²) in [5.74, 6) is 0.539. The van der Waals surface area contributed by atoms with Gasteiger partial charge in [-0.1, -0.05) is 32.9 Å². The van der Waals surface area contributed by atoms with Crippen molar-refractivity contribution in [3.05, 3.63) is 34.1 Å². The van der Waals surface area contributed by atoms with Crippen LogP contribution in [-0.2, 0) is 6.42 Å². The topological polar surface area (TPSA) is 12.0 Å². The fraction of sp³-hybridized carbons (Fsp3) is 0.625. The zero-order chi connectivity index (χ0) is 14.3. The molecule has 1 aromatic rings. The molecular formula is C16H25BrFN. The van der Waals surface area contributed by atoms with Crippen LogP contribution in [0.4, 0.5) is 4.39 Å². The van der Waals surface area contributed by atoms with E-state index in [-0.39, 0.29) is 5.82 Å². The van der Waals surface area contributed by atoms with E-state index in [1.54, 1.807) is 6.07 Å². The predicted octanol–water partition coefficient (Wildman–Crippen LogP) is 4.94. The summed E-state index contributed by atoms with van der Waals surface area (Å²) in [4.78, 5) is 0. The number of hydrogen-bond acceptors (Lipinski definition) is 1. The van der Waals surface area contributed by atoms with Gasteiger partial charge < -0.3 is 5.32 Å². The summed E-state index contributed by atoms with van der Waals surface area (Å²) < 4.78 is 14.1. The van der Waals surface area contributed by atoms with Crippen LogP contribution in [-0.4, -0.2) is 12.6 Å². The van der Waals surface area contributed by atoms with E-state index in [1.807, 2.05) is 6.07 Å². The summed E-state index contributed by atoms with van der Waals surface area (Å²) in [5.41, 5.74) is 1.05. The molecule has 1 rings (SSSR count). The van der Waals surface area contributed by atoms with Gasteiger partial charge in [0.1, 0.15) is 5.82 Å². The highest BCUT2D eigenvalue weighted by Crippen LogP contribution is 2.23. The maximum Gasteiger partial charge on any atom is 0.137 e. The Morgan fingerprint density at radius 1 is 1.26 bits per heavy atom. The first kappa shape index (κ1) is 16.6. The standard InChI is InChI=1S/C16H25BrFN/c1-4-10-19-14(9-8-12(2)3)11-13-6-5-7-15(18)16(13)17/h5-7,12,14,19H,4,8-11H2,1-3H3. The summed E-state index contributed by atoms with van der Waals surface area (Å²) in [6.07, 6.45) is 4.35. The quantitative estimate of drug-likeness (QED) is 0.712. The Labute approximate surface area is 125 Å². The minimum absolute atomic E-state index is 0.171. The lowest BCUT2D eigenvalue weighted by Crippen LogP contribution is -2.32. The molecule has 0 saturated carbocycles. The molecule has 1 unspecified atom stereocenters. The van der Waals surface area contributed by atoms with Gasteiger partial charge in [-0.2, -0.15) is 0 Å². The van der Waals surface area contributed by atoms with E-state index in [0.29, 0.717) is 16.4 Å². The Morgan fingerprint density at radius 3 is 2.63 bits per heavy atom. The summed E-state index contributed by atoms with van der Waals surface area (Å²) in [6, 6.07) is 5.72. The van der Waals surface area contributed by atoms with Gasteiger partial charge in [-0.25, -0.2) is 4.39 Å². The molecule has 0 amide bonds. The molecule has 0 aliphatic carbocycles. The largest absolute Gasteiger partial charge is 0.314 e. The van der Waals surface area contributed by atoms with Crippen molar-refractivity contribution < 1.29 is 4.39 Å². The minimum atomic E-state index is -0.171. The molecule has 0 saturated heterocycles. The molecule has 0 radical (unpaired) electrons. The van der Waals surface area contributed by atoms with Gasteiger partial charge in [-0.05, 0) is 65.7 Å². The summed E-state index contributed by atoms with van der Waals surface area (Å²) in [6.45, 7) is 7.68. The van der Waals surface area contributed by atoms with Crippen LogP contribution in [0.25, 0.3) is 0 Å². The summed E-state index contributed by atoms with van der Waals surface area (Å²) in [5, 5.41) is 3.58. The van der Waals surface area contributed by atoms with Crippen LogP contribution in [0, 0.1) is 11.7 Å². The fourth-order valence-corrected chi connectivity index (χ4v) is 2.56. The fourth-order valence-electron chi connectivity index (χ4n) is 2.13. The van der Waals surface area contributed by atoms with Crippen molar-refractivity contribution >= 4 is 15.9 Å². The van der Waals surface area contributed by atoms with Crippen molar-refractivity contribution in [2.75, 3.05) is 6.54 Å². The lowest BCUT2D eigenvalue weighted by Gasteiger charge is -2.20. The molecular weight excluding hydrogens is 305 g/mol. The second-order valence-corrected chi connectivity index (χ2v) is 6.33. The number of rotatable bonds is 8. The van der Waals surface area contributed by atoms with Crippen molar-refractivity contribution in [3.63, 3.8) is 0 Å². The van der Waals surface area contributed by atoms with E-state index in [0.717, 1.165) is 31.4 Å². The lowest BCUT2D eigenvalue weighted by molar-refractivity contribution is 0.426. The third-order valence-corrected chi connectivity index (χ3v) is 4.16. The van der Waals surface area contributed by atoms with E-state index in [9.17, 15) is 4.39 Å². The normalized spacial score (nSPS) is 12.9. The van der Waals surface area contributed by atoms with E-state index in [4.69, 9.17) is 0 Å². The van der Waals surface area contributed by atoms with Crippen molar-refractivity contribution in [2.45, 2.75) is 52.5 Å². The van der Waals surface area contributed by atoms with Gasteiger partial charge in [0.2, 0.25) is 0 Å². The maximum atomic E-state index is 13.5.